The highest BCUT2D eigenvalue weighted by atomic mass is 79.9. The summed E-state index contributed by atoms with van der Waals surface area (Å²) in [6.07, 6.45) is 4.41. The standard InChI is InChI=1S/C11H16BrNOS/c1-7-2-4-8(5-3-7)10(14)11-13-9(12)6-15-11/h6-8,10,14H,2-5H2,1H3. The van der Waals surface area contributed by atoms with Gasteiger partial charge in [-0.25, -0.2) is 4.98 Å². The molecular weight excluding hydrogens is 274 g/mol. The third-order valence-electron chi connectivity index (χ3n) is 3.25. The number of hydrogen-bond acceptors (Lipinski definition) is 3. The van der Waals surface area contributed by atoms with Gasteiger partial charge >= 0.3 is 0 Å². The zero-order chi connectivity index (χ0) is 10.8. The third-order valence-corrected chi connectivity index (χ3v) is 4.88. The van der Waals surface area contributed by atoms with Crippen molar-refractivity contribution in [3.8, 4) is 0 Å². The normalized spacial score (nSPS) is 29.0. The van der Waals surface area contributed by atoms with Crippen molar-refractivity contribution in [1.29, 1.82) is 0 Å². The summed E-state index contributed by atoms with van der Waals surface area (Å²) in [4.78, 5) is 4.29. The SMILES string of the molecule is CC1CCC(C(O)c2nc(Br)cs2)CC1. The average molecular weight is 290 g/mol. The van der Waals surface area contributed by atoms with Gasteiger partial charge in [-0.1, -0.05) is 19.8 Å². The Hall–Kier alpha value is 0.0700. The Morgan fingerprint density at radius 3 is 2.67 bits per heavy atom. The van der Waals surface area contributed by atoms with Gasteiger partial charge < -0.3 is 5.11 Å². The second kappa shape index (κ2) is 4.93. The minimum atomic E-state index is -0.353. The molecule has 84 valence electrons. The number of aliphatic hydroxyl groups excluding tert-OH is 1. The Labute approximate surface area is 103 Å². The van der Waals surface area contributed by atoms with Crippen LogP contribution in [0.25, 0.3) is 0 Å². The largest absolute Gasteiger partial charge is 0.386 e. The molecule has 2 nitrogen and oxygen atoms in total. The van der Waals surface area contributed by atoms with Crippen LogP contribution in [0.2, 0.25) is 0 Å². The molecule has 0 spiro atoms. The van der Waals surface area contributed by atoms with E-state index >= 15 is 0 Å². The van der Waals surface area contributed by atoms with Crippen LogP contribution >= 0.6 is 27.3 Å². The van der Waals surface area contributed by atoms with Gasteiger partial charge in [0.1, 0.15) is 15.7 Å². The van der Waals surface area contributed by atoms with Crippen LogP contribution in [0.3, 0.4) is 0 Å². The number of nitrogens with zero attached hydrogens (tertiary/aromatic N) is 1. The van der Waals surface area contributed by atoms with Crippen molar-refractivity contribution in [2.45, 2.75) is 38.7 Å². The molecule has 0 aromatic carbocycles. The maximum atomic E-state index is 10.2. The molecule has 1 unspecified atom stereocenters. The maximum Gasteiger partial charge on any atom is 0.123 e. The summed E-state index contributed by atoms with van der Waals surface area (Å²) in [7, 11) is 0. The van der Waals surface area contributed by atoms with Crippen molar-refractivity contribution in [1.82, 2.24) is 4.98 Å². The van der Waals surface area contributed by atoms with E-state index in [1.165, 1.54) is 12.8 Å². The van der Waals surface area contributed by atoms with Crippen molar-refractivity contribution in [3.05, 3.63) is 15.0 Å². The lowest BCUT2D eigenvalue weighted by Gasteiger charge is -2.28. The minimum Gasteiger partial charge on any atom is -0.386 e. The maximum absolute atomic E-state index is 10.2. The van der Waals surface area contributed by atoms with Gasteiger partial charge in [0.25, 0.3) is 0 Å². The van der Waals surface area contributed by atoms with Gasteiger partial charge in [-0.3, -0.25) is 0 Å². The zero-order valence-electron chi connectivity index (χ0n) is 8.82. The van der Waals surface area contributed by atoms with Crippen LogP contribution in [0, 0.1) is 11.8 Å². The van der Waals surface area contributed by atoms with Crippen LogP contribution in [0.15, 0.2) is 9.98 Å². The van der Waals surface area contributed by atoms with Gasteiger partial charge in [-0.05, 0) is 40.6 Å². The molecule has 0 aliphatic heterocycles. The lowest BCUT2D eigenvalue weighted by molar-refractivity contribution is 0.0752. The van der Waals surface area contributed by atoms with Gasteiger partial charge in [-0.15, -0.1) is 11.3 Å². The zero-order valence-corrected chi connectivity index (χ0v) is 11.2. The van der Waals surface area contributed by atoms with Gasteiger partial charge in [-0.2, -0.15) is 0 Å². The van der Waals surface area contributed by atoms with Gasteiger partial charge in [0.2, 0.25) is 0 Å². The van der Waals surface area contributed by atoms with Gasteiger partial charge in [0, 0.05) is 5.38 Å². The first kappa shape index (κ1) is 11.6. The monoisotopic (exact) mass is 289 g/mol. The van der Waals surface area contributed by atoms with Crippen molar-refractivity contribution in [3.63, 3.8) is 0 Å². The molecular formula is C11H16BrNOS. The van der Waals surface area contributed by atoms with E-state index in [4.69, 9.17) is 0 Å². The first-order valence-electron chi connectivity index (χ1n) is 5.46. The molecule has 1 fully saturated rings. The smallest absolute Gasteiger partial charge is 0.123 e. The molecule has 1 N–H and O–H groups in total. The fourth-order valence-corrected chi connectivity index (χ4v) is 3.55. The molecule has 1 saturated carbocycles. The molecule has 0 radical (unpaired) electrons. The Morgan fingerprint density at radius 1 is 1.47 bits per heavy atom. The first-order valence-corrected chi connectivity index (χ1v) is 7.13. The number of aliphatic hydroxyl groups is 1. The van der Waals surface area contributed by atoms with Crippen molar-refractivity contribution in [2.75, 3.05) is 0 Å². The van der Waals surface area contributed by atoms with E-state index in [-0.39, 0.29) is 6.10 Å². The van der Waals surface area contributed by atoms with Crippen LogP contribution in [-0.2, 0) is 0 Å². The topological polar surface area (TPSA) is 33.1 Å². The molecule has 2 rings (SSSR count). The average Bonchev–Trinajstić information content (AvgIpc) is 2.65. The molecule has 4 heteroatoms. The minimum absolute atomic E-state index is 0.353. The first-order chi connectivity index (χ1) is 7.16. The van der Waals surface area contributed by atoms with Gasteiger partial charge in [0.05, 0.1) is 0 Å². The molecule has 15 heavy (non-hydrogen) atoms. The van der Waals surface area contributed by atoms with E-state index in [1.54, 1.807) is 11.3 Å². The molecule has 1 aromatic rings. The Morgan fingerprint density at radius 2 is 2.13 bits per heavy atom. The Kier molecular flexibility index (Phi) is 3.80. The summed E-state index contributed by atoms with van der Waals surface area (Å²) >= 11 is 4.87. The molecule has 1 atom stereocenters. The molecule has 1 aliphatic carbocycles. The van der Waals surface area contributed by atoms with Crippen LogP contribution in [0.1, 0.15) is 43.7 Å². The van der Waals surface area contributed by atoms with E-state index < -0.39 is 0 Å². The molecule has 0 amide bonds. The summed E-state index contributed by atoms with van der Waals surface area (Å²) in [5.41, 5.74) is 0. The Balaban J connectivity index is 1.99. The quantitative estimate of drug-likeness (QED) is 0.899. The fourth-order valence-electron chi connectivity index (χ4n) is 2.21. The van der Waals surface area contributed by atoms with Gasteiger partial charge in [0.15, 0.2) is 0 Å². The number of aromatic nitrogens is 1. The van der Waals surface area contributed by atoms with Crippen LogP contribution in [0.4, 0.5) is 0 Å². The summed E-state index contributed by atoms with van der Waals surface area (Å²) in [5, 5.41) is 13.0. The predicted molar refractivity (Wildman–Crippen MR) is 65.9 cm³/mol. The molecule has 0 saturated heterocycles. The molecule has 1 aromatic heterocycles. The van der Waals surface area contributed by atoms with E-state index in [1.807, 2.05) is 5.38 Å². The number of halogens is 1. The van der Waals surface area contributed by atoms with Crippen LogP contribution < -0.4 is 0 Å². The van der Waals surface area contributed by atoms with Crippen LogP contribution in [0.5, 0.6) is 0 Å². The van der Waals surface area contributed by atoms with E-state index in [0.29, 0.717) is 5.92 Å². The number of hydrogen-bond donors (Lipinski definition) is 1. The summed E-state index contributed by atoms with van der Waals surface area (Å²) in [6, 6.07) is 0. The van der Waals surface area contributed by atoms with Crippen LogP contribution in [-0.4, -0.2) is 10.1 Å². The highest BCUT2D eigenvalue weighted by molar-refractivity contribution is 9.10. The van der Waals surface area contributed by atoms with Crippen molar-refractivity contribution in [2.24, 2.45) is 11.8 Å². The summed E-state index contributed by atoms with van der Waals surface area (Å²) in [5.74, 6) is 1.25. The Bertz CT molecular complexity index is 320. The van der Waals surface area contributed by atoms with E-state index in [2.05, 4.69) is 27.8 Å². The lowest BCUT2D eigenvalue weighted by atomic mass is 9.80. The van der Waals surface area contributed by atoms with Crippen molar-refractivity contribution < 1.29 is 5.11 Å². The third kappa shape index (κ3) is 2.80. The molecule has 1 aliphatic rings. The predicted octanol–water partition coefficient (Wildman–Crippen LogP) is 3.77. The summed E-state index contributed by atoms with van der Waals surface area (Å²) in [6.45, 7) is 2.29. The number of rotatable bonds is 2. The molecule has 1 heterocycles. The van der Waals surface area contributed by atoms with E-state index in [9.17, 15) is 5.11 Å². The van der Waals surface area contributed by atoms with E-state index in [0.717, 1.165) is 28.4 Å². The summed E-state index contributed by atoms with van der Waals surface area (Å²) < 4.78 is 0.839. The highest BCUT2D eigenvalue weighted by Gasteiger charge is 2.27. The number of thiazole rings is 1. The fraction of sp³-hybridized carbons (Fsp3) is 0.727. The lowest BCUT2D eigenvalue weighted by Crippen LogP contribution is -2.19. The second-order valence-corrected chi connectivity index (χ2v) is 6.18. The highest BCUT2D eigenvalue weighted by Crippen LogP contribution is 2.37. The molecule has 0 bridgehead atoms. The van der Waals surface area contributed by atoms with Crippen molar-refractivity contribution >= 4 is 27.3 Å². The second-order valence-electron chi connectivity index (χ2n) is 4.47.